The Kier molecular flexibility index (Phi) is 6.19. The van der Waals surface area contributed by atoms with E-state index in [1.54, 1.807) is 0 Å². The van der Waals surface area contributed by atoms with Crippen LogP contribution in [0.15, 0.2) is 18.2 Å². The molecular weight excluding hydrogens is 276 g/mol. The van der Waals surface area contributed by atoms with Gasteiger partial charge in [0.15, 0.2) is 0 Å². The minimum atomic E-state index is -0.637. The maximum atomic E-state index is 11.0. The minimum Gasteiger partial charge on any atom is -0.311 e. The molecule has 0 atom stereocenters. The summed E-state index contributed by atoms with van der Waals surface area (Å²) in [6.45, 7) is 5.98. The van der Waals surface area contributed by atoms with Crippen LogP contribution in [0.4, 0.5) is 11.4 Å². The normalized spacial score (nSPS) is 11.1. The van der Waals surface area contributed by atoms with Gasteiger partial charge >= 0.3 is 0 Å². The summed E-state index contributed by atoms with van der Waals surface area (Å²) in [5.41, 5.74) is -0.0586. The third-order valence-corrected chi connectivity index (χ3v) is 3.31. The van der Waals surface area contributed by atoms with Crippen molar-refractivity contribution in [1.82, 2.24) is 10.2 Å². The van der Waals surface area contributed by atoms with Crippen molar-refractivity contribution in [3.05, 3.63) is 44.0 Å². The molecule has 0 saturated heterocycles. The van der Waals surface area contributed by atoms with Crippen molar-refractivity contribution >= 4 is 11.4 Å². The molecule has 1 rings (SSSR count). The molecule has 0 aliphatic carbocycles. The van der Waals surface area contributed by atoms with E-state index in [0.717, 1.165) is 12.6 Å². The van der Waals surface area contributed by atoms with Crippen molar-refractivity contribution in [3.8, 4) is 0 Å². The van der Waals surface area contributed by atoms with Crippen LogP contribution < -0.4 is 5.32 Å². The molecule has 0 spiro atoms. The molecule has 0 aliphatic heterocycles. The molecule has 8 heteroatoms. The Bertz CT molecular complexity index is 519. The summed E-state index contributed by atoms with van der Waals surface area (Å²) in [7, 11) is 2.00. The molecule has 116 valence electrons. The highest BCUT2D eigenvalue weighted by Crippen LogP contribution is 2.24. The van der Waals surface area contributed by atoms with Crippen molar-refractivity contribution in [2.24, 2.45) is 0 Å². The molecular formula is C13H20N4O4. The van der Waals surface area contributed by atoms with Crippen LogP contribution in [-0.4, -0.2) is 40.9 Å². The fraction of sp³-hybridized carbons (Fsp3) is 0.538. The van der Waals surface area contributed by atoms with E-state index in [0.29, 0.717) is 24.7 Å². The average molecular weight is 296 g/mol. The third kappa shape index (κ3) is 5.09. The molecule has 0 heterocycles. The van der Waals surface area contributed by atoms with Gasteiger partial charge in [-0.05, 0) is 27.0 Å². The number of rotatable bonds is 8. The van der Waals surface area contributed by atoms with E-state index in [1.807, 2.05) is 7.05 Å². The quantitative estimate of drug-likeness (QED) is 0.447. The van der Waals surface area contributed by atoms with Crippen LogP contribution in [0.5, 0.6) is 0 Å². The molecule has 8 nitrogen and oxygen atoms in total. The van der Waals surface area contributed by atoms with Crippen molar-refractivity contribution in [3.63, 3.8) is 0 Å². The highest BCUT2D eigenvalue weighted by atomic mass is 16.6. The van der Waals surface area contributed by atoms with E-state index >= 15 is 0 Å². The Morgan fingerprint density at radius 2 is 1.90 bits per heavy atom. The standard InChI is InChI=1S/C13H20N4O4/c1-10(2)15(3)7-6-14-9-11-4-5-12(16(18)19)8-13(11)17(20)21/h4-5,8,10,14H,6-7,9H2,1-3H3. The minimum absolute atomic E-state index is 0.228. The Labute approximate surface area is 123 Å². The third-order valence-electron chi connectivity index (χ3n) is 3.31. The van der Waals surface area contributed by atoms with Crippen molar-refractivity contribution < 1.29 is 9.85 Å². The van der Waals surface area contributed by atoms with Gasteiger partial charge in [-0.25, -0.2) is 0 Å². The molecule has 0 aliphatic rings. The van der Waals surface area contributed by atoms with E-state index < -0.39 is 9.85 Å². The lowest BCUT2D eigenvalue weighted by Gasteiger charge is -2.20. The molecule has 0 fully saturated rings. The lowest BCUT2D eigenvalue weighted by Crippen LogP contribution is -2.33. The van der Waals surface area contributed by atoms with Gasteiger partial charge in [0, 0.05) is 37.3 Å². The summed E-state index contributed by atoms with van der Waals surface area (Å²) in [6, 6.07) is 4.14. The maximum absolute atomic E-state index is 11.0. The summed E-state index contributed by atoms with van der Waals surface area (Å²) in [4.78, 5) is 22.5. The number of nitrogens with one attached hydrogen (secondary N) is 1. The lowest BCUT2D eigenvalue weighted by atomic mass is 10.1. The van der Waals surface area contributed by atoms with Crippen LogP contribution in [0.1, 0.15) is 19.4 Å². The van der Waals surface area contributed by atoms with Crippen LogP contribution in [0.2, 0.25) is 0 Å². The first kappa shape index (κ1) is 17.0. The van der Waals surface area contributed by atoms with Crippen LogP contribution in [0.25, 0.3) is 0 Å². The topological polar surface area (TPSA) is 102 Å². The van der Waals surface area contributed by atoms with Crippen LogP contribution in [0, 0.1) is 20.2 Å². The number of nitro benzene ring substituents is 2. The monoisotopic (exact) mass is 296 g/mol. The number of hydrogen-bond acceptors (Lipinski definition) is 6. The fourth-order valence-electron chi connectivity index (χ4n) is 1.72. The van der Waals surface area contributed by atoms with Gasteiger partial charge in [0.05, 0.1) is 15.9 Å². The second-order valence-electron chi connectivity index (χ2n) is 5.08. The van der Waals surface area contributed by atoms with E-state index in [-0.39, 0.29) is 11.4 Å². The van der Waals surface area contributed by atoms with Crippen LogP contribution >= 0.6 is 0 Å². The molecule has 0 unspecified atom stereocenters. The first-order valence-electron chi connectivity index (χ1n) is 6.65. The van der Waals surface area contributed by atoms with Gasteiger partial charge in [-0.15, -0.1) is 0 Å². The van der Waals surface area contributed by atoms with Gasteiger partial charge in [0.2, 0.25) is 0 Å². The molecule has 1 aromatic carbocycles. The zero-order chi connectivity index (χ0) is 16.0. The van der Waals surface area contributed by atoms with E-state index in [9.17, 15) is 20.2 Å². The van der Waals surface area contributed by atoms with Gasteiger partial charge in [0.1, 0.15) is 0 Å². The highest BCUT2D eigenvalue weighted by molar-refractivity contribution is 5.49. The van der Waals surface area contributed by atoms with Gasteiger partial charge in [-0.1, -0.05) is 0 Å². The zero-order valence-corrected chi connectivity index (χ0v) is 12.4. The molecule has 0 saturated carbocycles. The number of hydrogen-bond donors (Lipinski definition) is 1. The van der Waals surface area contributed by atoms with Gasteiger partial charge in [-0.3, -0.25) is 20.2 Å². The second kappa shape index (κ2) is 7.65. The van der Waals surface area contributed by atoms with Crippen LogP contribution in [0.3, 0.4) is 0 Å². The Morgan fingerprint density at radius 3 is 2.43 bits per heavy atom. The van der Waals surface area contributed by atoms with Gasteiger partial charge in [-0.2, -0.15) is 0 Å². The predicted octanol–water partition coefficient (Wildman–Crippen LogP) is 1.93. The molecule has 1 aromatic rings. The number of likely N-dealkylation sites (N-methyl/N-ethyl adjacent to an activating group) is 1. The molecule has 21 heavy (non-hydrogen) atoms. The Hall–Kier alpha value is -2.06. The average Bonchev–Trinajstić information content (AvgIpc) is 2.42. The number of nitro groups is 2. The summed E-state index contributed by atoms with van der Waals surface area (Å²) in [5, 5.41) is 24.7. The summed E-state index contributed by atoms with van der Waals surface area (Å²) < 4.78 is 0. The summed E-state index contributed by atoms with van der Waals surface area (Å²) >= 11 is 0. The fourth-order valence-corrected chi connectivity index (χ4v) is 1.72. The number of non-ortho nitro benzene ring substituents is 1. The second-order valence-corrected chi connectivity index (χ2v) is 5.08. The lowest BCUT2D eigenvalue weighted by molar-refractivity contribution is -0.394. The van der Waals surface area contributed by atoms with Crippen molar-refractivity contribution in [2.75, 3.05) is 20.1 Å². The molecule has 0 radical (unpaired) electrons. The maximum Gasteiger partial charge on any atom is 0.280 e. The van der Waals surface area contributed by atoms with Crippen LogP contribution in [-0.2, 0) is 6.54 Å². The summed E-state index contributed by atoms with van der Waals surface area (Å²) in [6.07, 6.45) is 0. The molecule has 0 amide bonds. The van der Waals surface area contributed by atoms with Crippen molar-refractivity contribution in [1.29, 1.82) is 0 Å². The summed E-state index contributed by atoms with van der Waals surface area (Å²) in [5.74, 6) is 0. The molecule has 0 aromatic heterocycles. The van der Waals surface area contributed by atoms with E-state index in [4.69, 9.17) is 0 Å². The van der Waals surface area contributed by atoms with Crippen molar-refractivity contribution in [2.45, 2.75) is 26.4 Å². The van der Waals surface area contributed by atoms with Gasteiger partial charge < -0.3 is 10.2 Å². The zero-order valence-electron chi connectivity index (χ0n) is 12.4. The number of nitrogens with zero attached hydrogens (tertiary/aromatic N) is 3. The molecule has 1 N–H and O–H groups in total. The van der Waals surface area contributed by atoms with E-state index in [2.05, 4.69) is 24.1 Å². The van der Waals surface area contributed by atoms with E-state index in [1.165, 1.54) is 12.1 Å². The SMILES string of the molecule is CC(C)N(C)CCNCc1ccc([N+](=O)[O-])cc1[N+](=O)[O-]. The Morgan fingerprint density at radius 1 is 1.24 bits per heavy atom. The number of benzene rings is 1. The predicted molar refractivity (Wildman–Crippen MR) is 79.2 cm³/mol. The Balaban J connectivity index is 2.66. The largest absolute Gasteiger partial charge is 0.311 e. The smallest absolute Gasteiger partial charge is 0.280 e. The van der Waals surface area contributed by atoms with Gasteiger partial charge in [0.25, 0.3) is 11.4 Å². The molecule has 0 bridgehead atoms. The highest BCUT2D eigenvalue weighted by Gasteiger charge is 2.18. The first-order chi connectivity index (χ1) is 9.82. The first-order valence-corrected chi connectivity index (χ1v) is 6.65.